The Morgan fingerprint density at radius 2 is 2.00 bits per heavy atom. The van der Waals surface area contributed by atoms with Crippen LogP contribution in [0.15, 0.2) is 55.1 Å². The standard InChI is InChI=1S/C19H14ClN7/c1-12(25-19-15(10-21)18(20)23-11-24-19)14-9-16-22-7-8-27(16)26-17(14)13-5-3-2-4-6-13/h2-9,11-12H,1H3,(H,23,24,25)/t12-/m0/s1. The zero-order valence-electron chi connectivity index (χ0n) is 14.3. The van der Waals surface area contributed by atoms with Crippen molar-refractivity contribution in [3.8, 4) is 17.3 Å². The topological polar surface area (TPSA) is 91.8 Å². The lowest BCUT2D eigenvalue weighted by molar-refractivity contribution is 0.839. The molecule has 3 aromatic heterocycles. The van der Waals surface area contributed by atoms with Crippen LogP contribution < -0.4 is 5.32 Å². The first kappa shape index (κ1) is 16.9. The number of aromatic nitrogens is 5. The van der Waals surface area contributed by atoms with E-state index in [1.807, 2.05) is 55.6 Å². The van der Waals surface area contributed by atoms with Crippen LogP contribution in [0.5, 0.6) is 0 Å². The van der Waals surface area contributed by atoms with Gasteiger partial charge in [0.1, 0.15) is 23.8 Å². The lowest BCUT2D eigenvalue weighted by Gasteiger charge is -2.19. The van der Waals surface area contributed by atoms with Crippen molar-refractivity contribution in [2.45, 2.75) is 13.0 Å². The molecule has 8 heteroatoms. The van der Waals surface area contributed by atoms with Gasteiger partial charge in [-0.05, 0) is 13.0 Å². The Labute approximate surface area is 160 Å². The molecule has 1 N–H and O–H groups in total. The van der Waals surface area contributed by atoms with Crippen LogP contribution in [-0.4, -0.2) is 24.6 Å². The molecule has 1 aromatic carbocycles. The highest BCUT2D eigenvalue weighted by molar-refractivity contribution is 6.30. The normalized spacial score (nSPS) is 11.9. The monoisotopic (exact) mass is 375 g/mol. The largest absolute Gasteiger partial charge is 0.362 e. The van der Waals surface area contributed by atoms with Gasteiger partial charge < -0.3 is 5.32 Å². The Kier molecular flexibility index (Phi) is 4.40. The lowest BCUT2D eigenvalue weighted by Crippen LogP contribution is -2.13. The predicted molar refractivity (Wildman–Crippen MR) is 102 cm³/mol. The first-order valence-corrected chi connectivity index (χ1v) is 8.62. The van der Waals surface area contributed by atoms with Crippen molar-refractivity contribution in [3.63, 3.8) is 0 Å². The summed E-state index contributed by atoms with van der Waals surface area (Å²) in [4.78, 5) is 12.3. The summed E-state index contributed by atoms with van der Waals surface area (Å²) in [6.45, 7) is 1.97. The first-order chi connectivity index (χ1) is 13.2. The molecule has 0 unspecified atom stereocenters. The molecule has 1 atom stereocenters. The van der Waals surface area contributed by atoms with Gasteiger partial charge in [-0.25, -0.2) is 19.5 Å². The number of halogens is 1. The second-order valence-corrected chi connectivity index (χ2v) is 6.27. The number of imidazole rings is 1. The van der Waals surface area contributed by atoms with Crippen molar-refractivity contribution in [1.29, 1.82) is 5.26 Å². The van der Waals surface area contributed by atoms with Crippen LogP contribution in [0.1, 0.15) is 24.1 Å². The van der Waals surface area contributed by atoms with Gasteiger partial charge in [0.2, 0.25) is 0 Å². The molecular formula is C19H14ClN7. The number of nitriles is 1. The van der Waals surface area contributed by atoms with Crippen LogP contribution in [0.25, 0.3) is 16.9 Å². The maximum atomic E-state index is 9.35. The number of hydrogen-bond acceptors (Lipinski definition) is 6. The van der Waals surface area contributed by atoms with Crippen molar-refractivity contribution in [2.24, 2.45) is 0 Å². The highest BCUT2D eigenvalue weighted by Gasteiger charge is 2.18. The van der Waals surface area contributed by atoms with E-state index < -0.39 is 0 Å². The van der Waals surface area contributed by atoms with E-state index in [0.717, 1.165) is 22.5 Å². The van der Waals surface area contributed by atoms with Crippen LogP contribution in [0.2, 0.25) is 5.15 Å². The van der Waals surface area contributed by atoms with Gasteiger partial charge in [-0.15, -0.1) is 0 Å². The van der Waals surface area contributed by atoms with Crippen molar-refractivity contribution in [1.82, 2.24) is 24.6 Å². The number of nitrogens with zero attached hydrogens (tertiary/aromatic N) is 6. The molecule has 0 aliphatic rings. The number of benzene rings is 1. The molecule has 0 amide bonds. The molecule has 0 saturated carbocycles. The van der Waals surface area contributed by atoms with Gasteiger partial charge >= 0.3 is 0 Å². The summed E-state index contributed by atoms with van der Waals surface area (Å²) in [5, 5.41) is 17.4. The lowest BCUT2D eigenvalue weighted by atomic mass is 10.0. The van der Waals surface area contributed by atoms with Gasteiger partial charge in [-0.3, -0.25) is 0 Å². The summed E-state index contributed by atoms with van der Waals surface area (Å²) < 4.78 is 1.74. The number of fused-ring (bicyclic) bond motifs is 1. The van der Waals surface area contributed by atoms with Crippen molar-refractivity contribution < 1.29 is 0 Å². The maximum absolute atomic E-state index is 9.35. The molecule has 7 nitrogen and oxygen atoms in total. The van der Waals surface area contributed by atoms with Gasteiger partial charge in [0.25, 0.3) is 0 Å². The molecule has 0 aliphatic heterocycles. The van der Waals surface area contributed by atoms with E-state index in [4.69, 9.17) is 16.7 Å². The van der Waals surface area contributed by atoms with Gasteiger partial charge in [0.15, 0.2) is 10.8 Å². The molecule has 0 saturated heterocycles. The first-order valence-electron chi connectivity index (χ1n) is 8.24. The fraction of sp³-hybridized carbons (Fsp3) is 0.105. The van der Waals surface area contributed by atoms with Crippen LogP contribution in [-0.2, 0) is 0 Å². The average Bonchev–Trinajstić information content (AvgIpc) is 3.15. The Bertz CT molecular complexity index is 1150. The molecule has 27 heavy (non-hydrogen) atoms. The van der Waals surface area contributed by atoms with E-state index >= 15 is 0 Å². The van der Waals surface area contributed by atoms with Gasteiger partial charge in [0.05, 0.1) is 11.7 Å². The highest BCUT2D eigenvalue weighted by atomic mass is 35.5. The summed E-state index contributed by atoms with van der Waals surface area (Å²) in [7, 11) is 0. The maximum Gasteiger partial charge on any atom is 0.153 e. The summed E-state index contributed by atoms with van der Waals surface area (Å²) in [5.41, 5.74) is 3.68. The second kappa shape index (κ2) is 7.02. The molecule has 0 radical (unpaired) electrons. The fourth-order valence-corrected chi connectivity index (χ4v) is 3.05. The highest BCUT2D eigenvalue weighted by Crippen LogP contribution is 2.30. The Balaban J connectivity index is 1.81. The van der Waals surface area contributed by atoms with Crippen LogP contribution in [0.4, 0.5) is 5.82 Å². The number of rotatable bonds is 4. The quantitative estimate of drug-likeness (QED) is 0.544. The van der Waals surface area contributed by atoms with Crippen molar-refractivity contribution in [3.05, 3.63) is 71.4 Å². The van der Waals surface area contributed by atoms with Crippen LogP contribution in [0.3, 0.4) is 0 Å². The van der Waals surface area contributed by atoms with Crippen molar-refractivity contribution >= 4 is 23.1 Å². The average molecular weight is 376 g/mol. The summed E-state index contributed by atoms with van der Waals surface area (Å²) in [6, 6.07) is 13.7. The third-order valence-corrected chi connectivity index (χ3v) is 4.48. The Morgan fingerprint density at radius 3 is 2.78 bits per heavy atom. The third kappa shape index (κ3) is 3.18. The Morgan fingerprint density at radius 1 is 1.19 bits per heavy atom. The minimum absolute atomic E-state index is 0.118. The Hall–Kier alpha value is -3.50. The molecule has 3 heterocycles. The molecule has 132 valence electrons. The van der Waals surface area contributed by atoms with E-state index in [9.17, 15) is 5.26 Å². The van der Waals surface area contributed by atoms with Gasteiger partial charge in [-0.2, -0.15) is 10.4 Å². The third-order valence-electron chi connectivity index (χ3n) is 4.19. The summed E-state index contributed by atoms with van der Waals surface area (Å²) in [5.74, 6) is 0.382. The van der Waals surface area contributed by atoms with Gasteiger partial charge in [0, 0.05) is 23.5 Å². The number of nitrogens with one attached hydrogen (secondary N) is 1. The number of anilines is 1. The van der Waals surface area contributed by atoms with E-state index in [1.54, 1.807) is 10.7 Å². The SMILES string of the molecule is C[C@H](Nc1ncnc(Cl)c1C#N)c1cc2nccn2nc1-c1ccccc1. The van der Waals surface area contributed by atoms with Gasteiger partial charge in [-0.1, -0.05) is 41.9 Å². The second-order valence-electron chi connectivity index (χ2n) is 5.91. The summed E-state index contributed by atoms with van der Waals surface area (Å²) >= 11 is 6.01. The minimum Gasteiger partial charge on any atom is -0.362 e. The fourth-order valence-electron chi connectivity index (χ4n) is 2.88. The molecule has 0 fully saturated rings. The molecule has 0 spiro atoms. The smallest absolute Gasteiger partial charge is 0.153 e. The zero-order chi connectivity index (χ0) is 18.8. The van der Waals surface area contributed by atoms with E-state index in [2.05, 4.69) is 20.3 Å². The minimum atomic E-state index is -0.201. The molecule has 0 aliphatic carbocycles. The zero-order valence-corrected chi connectivity index (χ0v) is 15.1. The molecule has 4 rings (SSSR count). The van der Waals surface area contributed by atoms with Crippen LogP contribution in [0, 0.1) is 11.3 Å². The molecular weight excluding hydrogens is 362 g/mol. The van der Waals surface area contributed by atoms with Crippen molar-refractivity contribution in [2.75, 3.05) is 5.32 Å². The summed E-state index contributed by atoms with van der Waals surface area (Å²) in [6.07, 6.45) is 4.84. The van der Waals surface area contributed by atoms with E-state index in [-0.39, 0.29) is 16.8 Å². The van der Waals surface area contributed by atoms with E-state index in [0.29, 0.717) is 5.82 Å². The predicted octanol–water partition coefficient (Wildman–Crippen LogP) is 3.88. The van der Waals surface area contributed by atoms with Crippen LogP contribution >= 0.6 is 11.6 Å². The number of hydrogen-bond donors (Lipinski definition) is 1. The molecule has 0 bridgehead atoms. The van der Waals surface area contributed by atoms with E-state index in [1.165, 1.54) is 6.33 Å². The molecule has 4 aromatic rings.